The van der Waals surface area contributed by atoms with E-state index in [0.717, 1.165) is 50.0 Å². The van der Waals surface area contributed by atoms with Crippen LogP contribution in [0.1, 0.15) is 54.6 Å². The Balaban J connectivity index is 1.39. The van der Waals surface area contributed by atoms with Crippen LogP contribution >= 0.6 is 0 Å². The number of hydrogen-bond donors (Lipinski definition) is 2. The number of halogens is 3. The smallest absolute Gasteiger partial charge is 0.276 e. The molecule has 1 aliphatic carbocycles. The van der Waals surface area contributed by atoms with Crippen LogP contribution in [0.25, 0.3) is 6.08 Å². The molecule has 10 heteroatoms. The Morgan fingerprint density at radius 3 is 2.64 bits per heavy atom. The number of allylic oxidation sites excluding steroid dienone is 1. The number of aromatic nitrogens is 2. The molecule has 0 spiro atoms. The molecule has 0 unspecified atom stereocenters. The van der Waals surface area contributed by atoms with Gasteiger partial charge >= 0.3 is 0 Å². The number of rotatable bonds is 1. The third-order valence-corrected chi connectivity index (χ3v) is 8.82. The molecule has 220 valence electrons. The van der Waals surface area contributed by atoms with Gasteiger partial charge < -0.3 is 20.4 Å². The molecule has 7 rings (SSSR count). The second-order valence-electron chi connectivity index (χ2n) is 12.0. The minimum Gasteiger partial charge on any atom is -0.387 e. The molecule has 4 aliphatic heterocycles. The van der Waals surface area contributed by atoms with Crippen LogP contribution in [0.15, 0.2) is 48.3 Å². The van der Waals surface area contributed by atoms with E-state index in [1.165, 1.54) is 18.2 Å². The lowest BCUT2D eigenvalue weighted by Gasteiger charge is -2.41. The highest BCUT2D eigenvalue weighted by atomic mass is 19.3. The maximum Gasteiger partial charge on any atom is 0.276 e. The van der Waals surface area contributed by atoms with Gasteiger partial charge in [-0.05, 0) is 56.7 Å². The first kappa shape index (κ1) is 28.3. The molecule has 5 aliphatic rings. The zero-order valence-corrected chi connectivity index (χ0v) is 23.9. The van der Waals surface area contributed by atoms with E-state index in [0.29, 0.717) is 48.4 Å². The number of nitriles is 1. The number of aryl methyl sites for hydroxylation is 1. The van der Waals surface area contributed by atoms with Crippen molar-refractivity contribution in [2.24, 2.45) is 11.3 Å². The van der Waals surface area contributed by atoms with Crippen molar-refractivity contribution in [3.8, 4) is 6.07 Å². The van der Waals surface area contributed by atoms with Gasteiger partial charge in [-0.1, -0.05) is 31.4 Å². The van der Waals surface area contributed by atoms with Gasteiger partial charge in [0.1, 0.15) is 23.3 Å². The fourth-order valence-corrected chi connectivity index (χ4v) is 6.30. The third kappa shape index (κ3) is 5.26. The number of nitrogens with zero attached hydrogens (tertiary/aromatic N) is 5. The van der Waals surface area contributed by atoms with E-state index < -0.39 is 22.7 Å². The monoisotopic (exact) mass is 575 g/mol. The van der Waals surface area contributed by atoms with E-state index in [2.05, 4.69) is 39.7 Å². The van der Waals surface area contributed by atoms with Crippen LogP contribution in [0.4, 0.5) is 24.8 Å². The highest BCUT2D eigenvalue weighted by Gasteiger charge is 2.50. The molecule has 2 N–H and O–H groups in total. The summed E-state index contributed by atoms with van der Waals surface area (Å²) >= 11 is 0. The van der Waals surface area contributed by atoms with Crippen molar-refractivity contribution in [1.82, 2.24) is 20.2 Å². The lowest BCUT2D eigenvalue weighted by molar-refractivity contribution is -0.0592. The van der Waals surface area contributed by atoms with Crippen LogP contribution in [-0.2, 0) is 12.5 Å². The van der Waals surface area contributed by atoms with Gasteiger partial charge in [-0.25, -0.2) is 23.1 Å². The lowest BCUT2D eigenvalue weighted by atomic mass is 9.89. The molecule has 0 amide bonds. The number of hydrogen-bond acceptors (Lipinski definition) is 7. The summed E-state index contributed by atoms with van der Waals surface area (Å²) in [5, 5.41) is 16.6. The Morgan fingerprint density at radius 2 is 1.90 bits per heavy atom. The number of nitrogens with one attached hydrogen (secondary N) is 2. The van der Waals surface area contributed by atoms with Gasteiger partial charge in [-0.2, -0.15) is 5.26 Å². The first-order valence-electron chi connectivity index (χ1n) is 14.6. The van der Waals surface area contributed by atoms with Crippen LogP contribution in [-0.4, -0.2) is 47.6 Å². The van der Waals surface area contributed by atoms with Gasteiger partial charge in [0.15, 0.2) is 0 Å². The van der Waals surface area contributed by atoms with Gasteiger partial charge in [-0.3, -0.25) is 0 Å². The SMILES string of the molecule is C=C1CN2C(=C)C(C3(C#N)CC3)=Cc3c(nc(C)nc32)NCc2cccc(c2F)C(F)(F)CC2CN(CCCCN1)C2. The van der Waals surface area contributed by atoms with E-state index in [4.69, 9.17) is 4.98 Å². The molecule has 2 aromatic rings. The standard InChI is InChI=1S/C32H36F3N7/c1-20-16-42-21(2)27(31(19-36)9-10-31)13-25-29(39-22(3)40-30(25)42)38-15-24-7-6-8-26(28(24)33)32(34,35)14-23-17-41(18-23)12-5-4-11-37-20/h6-8,13,23,37H,1-2,4-5,9-12,14-18H2,3H3,(H,38,39,40). The zero-order chi connectivity index (χ0) is 29.6. The van der Waals surface area contributed by atoms with Crippen LogP contribution in [0.5, 0.6) is 0 Å². The minimum atomic E-state index is -3.26. The fraction of sp³-hybridized carbons (Fsp3) is 0.469. The maximum absolute atomic E-state index is 15.6. The Morgan fingerprint density at radius 1 is 1.12 bits per heavy atom. The van der Waals surface area contributed by atoms with Gasteiger partial charge in [0.25, 0.3) is 5.92 Å². The quantitative estimate of drug-likeness (QED) is 0.441. The molecule has 1 saturated heterocycles. The molecule has 0 radical (unpaired) electrons. The first-order valence-corrected chi connectivity index (χ1v) is 14.6. The van der Waals surface area contributed by atoms with Crippen LogP contribution in [0.3, 0.4) is 0 Å². The Labute approximate surface area is 244 Å². The molecule has 1 aromatic carbocycles. The van der Waals surface area contributed by atoms with Crippen molar-refractivity contribution in [3.63, 3.8) is 0 Å². The highest BCUT2D eigenvalue weighted by molar-refractivity contribution is 5.84. The predicted molar refractivity (Wildman–Crippen MR) is 157 cm³/mol. The third-order valence-electron chi connectivity index (χ3n) is 8.82. The second kappa shape index (κ2) is 10.8. The molecule has 1 aromatic heterocycles. The summed E-state index contributed by atoms with van der Waals surface area (Å²) in [5.41, 5.74) is 1.89. The predicted octanol–water partition coefficient (Wildman–Crippen LogP) is 5.87. The van der Waals surface area contributed by atoms with Gasteiger partial charge in [0.05, 0.1) is 29.2 Å². The molecule has 0 atom stereocenters. The fourth-order valence-electron chi connectivity index (χ4n) is 6.30. The number of anilines is 2. The molecule has 5 heterocycles. The van der Waals surface area contributed by atoms with Crippen LogP contribution < -0.4 is 15.5 Å². The summed E-state index contributed by atoms with van der Waals surface area (Å²) in [6.07, 6.45) is 4.83. The van der Waals surface area contributed by atoms with Crippen LogP contribution in [0, 0.1) is 35.4 Å². The van der Waals surface area contributed by atoms with Crippen molar-refractivity contribution < 1.29 is 13.2 Å². The highest BCUT2D eigenvalue weighted by Crippen LogP contribution is 2.56. The summed E-state index contributed by atoms with van der Waals surface area (Å²) in [5.74, 6) is -2.79. The van der Waals surface area contributed by atoms with Crippen molar-refractivity contribution in [1.29, 1.82) is 5.26 Å². The van der Waals surface area contributed by atoms with E-state index >= 15 is 13.2 Å². The topological polar surface area (TPSA) is 80.1 Å². The van der Waals surface area contributed by atoms with Crippen molar-refractivity contribution in [2.45, 2.75) is 51.5 Å². The Hall–Kier alpha value is -3.84. The van der Waals surface area contributed by atoms with E-state index in [1.54, 1.807) is 6.92 Å². The van der Waals surface area contributed by atoms with Crippen molar-refractivity contribution in [2.75, 3.05) is 42.9 Å². The summed E-state index contributed by atoms with van der Waals surface area (Å²) < 4.78 is 46.3. The van der Waals surface area contributed by atoms with Gasteiger partial charge in [0.2, 0.25) is 0 Å². The number of fused-ring (bicyclic) bond motifs is 8. The zero-order valence-electron chi connectivity index (χ0n) is 23.9. The molecule has 7 nitrogen and oxygen atoms in total. The Bertz CT molecular complexity index is 1500. The molecule has 1 saturated carbocycles. The summed E-state index contributed by atoms with van der Waals surface area (Å²) in [7, 11) is 0. The second-order valence-corrected chi connectivity index (χ2v) is 12.0. The van der Waals surface area contributed by atoms with Gasteiger partial charge in [-0.15, -0.1) is 0 Å². The molecule has 2 fully saturated rings. The largest absolute Gasteiger partial charge is 0.387 e. The van der Waals surface area contributed by atoms with E-state index in [9.17, 15) is 5.26 Å². The summed E-state index contributed by atoms with van der Waals surface area (Å²) in [4.78, 5) is 13.5. The van der Waals surface area contributed by atoms with Crippen molar-refractivity contribution in [3.05, 3.63) is 76.7 Å². The lowest BCUT2D eigenvalue weighted by Crippen LogP contribution is -2.48. The maximum atomic E-state index is 15.6. The average molecular weight is 576 g/mol. The average Bonchev–Trinajstić information content (AvgIpc) is 3.72. The summed E-state index contributed by atoms with van der Waals surface area (Å²) in [6.45, 7) is 13.5. The molecule has 8 bridgehead atoms. The normalized spacial score (nSPS) is 25.0. The number of benzene rings is 1. The van der Waals surface area contributed by atoms with E-state index in [-0.39, 0.29) is 24.4 Å². The van der Waals surface area contributed by atoms with Crippen molar-refractivity contribution >= 4 is 17.7 Å². The molecular weight excluding hydrogens is 539 g/mol. The molecule has 42 heavy (non-hydrogen) atoms. The first-order chi connectivity index (χ1) is 20.1. The molecular formula is C32H36F3N7. The van der Waals surface area contributed by atoms with E-state index in [1.807, 2.05) is 11.0 Å². The van der Waals surface area contributed by atoms with Crippen LogP contribution in [0.2, 0.25) is 0 Å². The minimum absolute atomic E-state index is 0.0440. The van der Waals surface area contributed by atoms with Gasteiger partial charge in [0, 0.05) is 49.6 Å². The Kier molecular flexibility index (Phi) is 7.26. The summed E-state index contributed by atoms with van der Waals surface area (Å²) in [6, 6.07) is 6.66. The number of alkyl halides is 2.